The van der Waals surface area contributed by atoms with E-state index in [9.17, 15) is 8.42 Å². The van der Waals surface area contributed by atoms with Crippen molar-refractivity contribution < 1.29 is 17.9 Å². The van der Waals surface area contributed by atoms with E-state index in [0.29, 0.717) is 37.7 Å². The van der Waals surface area contributed by atoms with E-state index in [1.54, 1.807) is 35.6 Å². The molecule has 7 nitrogen and oxygen atoms in total. The Morgan fingerprint density at radius 2 is 1.74 bits per heavy atom. The lowest BCUT2D eigenvalue weighted by Crippen LogP contribution is -2.48. The van der Waals surface area contributed by atoms with Crippen molar-refractivity contribution in [3.63, 3.8) is 0 Å². The van der Waals surface area contributed by atoms with Gasteiger partial charge in [-0.15, -0.1) is 11.3 Å². The molecule has 3 aromatic rings. The van der Waals surface area contributed by atoms with Crippen molar-refractivity contribution in [3.8, 4) is 22.1 Å². The first-order valence-electron chi connectivity index (χ1n) is 9.81. The van der Waals surface area contributed by atoms with Crippen LogP contribution < -0.4 is 9.47 Å². The lowest BCUT2D eigenvalue weighted by molar-refractivity contribution is 0.174. The van der Waals surface area contributed by atoms with E-state index >= 15 is 0 Å². The number of benzene rings is 2. The Bertz CT molecular complexity index is 1190. The zero-order chi connectivity index (χ0) is 21.4. The molecule has 0 aliphatic carbocycles. The Balaban J connectivity index is 1.21. The van der Waals surface area contributed by atoms with Crippen molar-refractivity contribution in [1.29, 1.82) is 0 Å². The highest BCUT2D eigenvalue weighted by atomic mass is 35.5. The molecule has 3 heterocycles. The molecule has 31 heavy (non-hydrogen) atoms. The third-order valence-corrected chi connectivity index (χ3v) is 8.44. The summed E-state index contributed by atoms with van der Waals surface area (Å²) in [6.45, 7) is 3.15. The van der Waals surface area contributed by atoms with Crippen LogP contribution in [0.3, 0.4) is 0 Å². The molecule has 0 unspecified atom stereocenters. The normalized spacial score (nSPS) is 17.2. The second-order valence-electron chi connectivity index (χ2n) is 7.35. The molecular formula is C21H20ClN3O4S2. The molecule has 2 aliphatic heterocycles. The fourth-order valence-corrected chi connectivity index (χ4v) is 6.01. The number of fused-ring (bicyclic) bond motifs is 1. The Kier molecular flexibility index (Phi) is 5.61. The highest BCUT2D eigenvalue weighted by molar-refractivity contribution is 7.89. The predicted octanol–water partition coefficient (Wildman–Crippen LogP) is 3.70. The lowest BCUT2D eigenvalue weighted by Gasteiger charge is -2.33. The van der Waals surface area contributed by atoms with Gasteiger partial charge in [0.15, 0.2) is 11.5 Å². The predicted molar refractivity (Wildman–Crippen MR) is 119 cm³/mol. The van der Waals surface area contributed by atoms with Crippen molar-refractivity contribution in [2.24, 2.45) is 0 Å². The molecule has 1 fully saturated rings. The number of hydrogen-bond donors (Lipinski definition) is 0. The Hall–Kier alpha value is -2.17. The van der Waals surface area contributed by atoms with Crippen molar-refractivity contribution >= 4 is 33.0 Å². The van der Waals surface area contributed by atoms with Crippen LogP contribution in [0, 0.1) is 0 Å². The number of rotatable bonds is 5. The minimum absolute atomic E-state index is 0.252. The third-order valence-electron chi connectivity index (χ3n) is 5.34. The highest BCUT2D eigenvalue weighted by Gasteiger charge is 2.28. The Morgan fingerprint density at radius 3 is 2.52 bits per heavy atom. The number of thiazole rings is 1. The highest BCUT2D eigenvalue weighted by Crippen LogP contribution is 2.36. The molecule has 162 valence electrons. The molecule has 2 aromatic carbocycles. The van der Waals surface area contributed by atoms with Crippen LogP contribution in [0.25, 0.3) is 10.6 Å². The van der Waals surface area contributed by atoms with Gasteiger partial charge >= 0.3 is 0 Å². The van der Waals surface area contributed by atoms with Crippen LogP contribution in [-0.4, -0.2) is 55.6 Å². The van der Waals surface area contributed by atoms with Crippen LogP contribution in [0.2, 0.25) is 5.02 Å². The van der Waals surface area contributed by atoms with Gasteiger partial charge in [-0.05, 0) is 42.5 Å². The summed E-state index contributed by atoms with van der Waals surface area (Å²) in [4.78, 5) is 7.26. The van der Waals surface area contributed by atoms with Crippen molar-refractivity contribution in [3.05, 3.63) is 58.6 Å². The van der Waals surface area contributed by atoms with E-state index in [4.69, 9.17) is 26.1 Å². The van der Waals surface area contributed by atoms with E-state index < -0.39 is 10.0 Å². The molecule has 0 spiro atoms. The topological polar surface area (TPSA) is 72.0 Å². The Labute approximate surface area is 189 Å². The first-order chi connectivity index (χ1) is 15.0. The summed E-state index contributed by atoms with van der Waals surface area (Å²) in [5.41, 5.74) is 1.98. The number of halogens is 1. The quantitative estimate of drug-likeness (QED) is 0.558. The van der Waals surface area contributed by atoms with E-state index in [0.717, 1.165) is 27.8 Å². The Morgan fingerprint density at radius 1 is 1.00 bits per heavy atom. The summed E-state index contributed by atoms with van der Waals surface area (Å²) in [6.07, 6.45) is 0. The second kappa shape index (κ2) is 8.40. The zero-order valence-electron chi connectivity index (χ0n) is 16.5. The van der Waals surface area contributed by atoms with Gasteiger partial charge < -0.3 is 9.47 Å². The van der Waals surface area contributed by atoms with Gasteiger partial charge in [0.1, 0.15) is 5.01 Å². The zero-order valence-corrected chi connectivity index (χ0v) is 18.9. The van der Waals surface area contributed by atoms with Gasteiger partial charge in [-0.3, -0.25) is 4.90 Å². The van der Waals surface area contributed by atoms with Gasteiger partial charge in [0.2, 0.25) is 16.8 Å². The number of ether oxygens (including phenoxy) is 2. The summed E-state index contributed by atoms with van der Waals surface area (Å²) in [7, 11) is -3.50. The van der Waals surface area contributed by atoms with Crippen LogP contribution in [0.4, 0.5) is 0 Å². The molecule has 1 saturated heterocycles. The first-order valence-corrected chi connectivity index (χ1v) is 12.5. The average Bonchev–Trinajstić information content (AvgIpc) is 3.43. The molecule has 5 rings (SSSR count). The number of sulfonamides is 1. The van der Waals surface area contributed by atoms with Gasteiger partial charge in [0.05, 0.1) is 10.6 Å². The summed E-state index contributed by atoms with van der Waals surface area (Å²) in [5, 5.41) is 3.50. The molecule has 0 radical (unpaired) electrons. The smallest absolute Gasteiger partial charge is 0.243 e. The molecule has 1 aromatic heterocycles. The maximum Gasteiger partial charge on any atom is 0.243 e. The van der Waals surface area contributed by atoms with Crippen molar-refractivity contribution in [2.75, 3.05) is 33.0 Å². The summed E-state index contributed by atoms with van der Waals surface area (Å²) in [5.74, 6) is 1.50. The van der Waals surface area contributed by atoms with Gasteiger partial charge in [-0.25, -0.2) is 13.4 Å². The number of hydrogen-bond acceptors (Lipinski definition) is 7. The monoisotopic (exact) mass is 477 g/mol. The fourth-order valence-electron chi connectivity index (χ4n) is 3.65. The van der Waals surface area contributed by atoms with E-state index in [1.165, 1.54) is 4.31 Å². The molecule has 0 amide bonds. The van der Waals surface area contributed by atoms with Crippen LogP contribution in [-0.2, 0) is 16.6 Å². The van der Waals surface area contributed by atoms with Crippen LogP contribution in [0.5, 0.6) is 11.5 Å². The van der Waals surface area contributed by atoms with Gasteiger partial charge in [-0.2, -0.15) is 4.31 Å². The average molecular weight is 478 g/mol. The molecule has 0 N–H and O–H groups in total. The summed E-state index contributed by atoms with van der Waals surface area (Å²) in [6, 6.07) is 12.1. The standard InChI is InChI=1S/C21H20ClN3O4S2/c22-16-2-4-18(5-3-16)31(26,27)25-9-7-24(8-10-25)12-17-13-30-21(23-17)15-1-6-19-20(11-15)29-14-28-19/h1-6,11,13H,7-10,12,14H2. The maximum atomic E-state index is 12.8. The number of nitrogens with zero attached hydrogens (tertiary/aromatic N) is 3. The van der Waals surface area contributed by atoms with Crippen molar-refractivity contribution in [2.45, 2.75) is 11.4 Å². The SMILES string of the molecule is O=S(=O)(c1ccc(Cl)cc1)N1CCN(Cc2csc(-c3ccc4c(c3)OCO4)n2)CC1. The van der Waals surface area contributed by atoms with Crippen LogP contribution in [0.15, 0.2) is 52.7 Å². The molecule has 0 saturated carbocycles. The number of piperazine rings is 1. The molecule has 0 atom stereocenters. The van der Waals surface area contributed by atoms with E-state index in [1.807, 2.05) is 18.2 Å². The van der Waals surface area contributed by atoms with Crippen molar-refractivity contribution in [1.82, 2.24) is 14.2 Å². The van der Waals surface area contributed by atoms with E-state index in [-0.39, 0.29) is 11.7 Å². The summed E-state index contributed by atoms with van der Waals surface area (Å²) >= 11 is 7.47. The second-order valence-corrected chi connectivity index (χ2v) is 10.6. The number of aromatic nitrogens is 1. The molecule has 10 heteroatoms. The lowest BCUT2D eigenvalue weighted by atomic mass is 10.2. The maximum absolute atomic E-state index is 12.8. The first kappa shape index (κ1) is 20.7. The summed E-state index contributed by atoms with van der Waals surface area (Å²) < 4.78 is 38.0. The fraction of sp³-hybridized carbons (Fsp3) is 0.286. The van der Waals surface area contributed by atoms with E-state index in [2.05, 4.69) is 10.3 Å². The molecule has 2 aliphatic rings. The largest absolute Gasteiger partial charge is 0.454 e. The van der Waals surface area contributed by atoms with Crippen LogP contribution >= 0.6 is 22.9 Å². The molecular weight excluding hydrogens is 458 g/mol. The minimum Gasteiger partial charge on any atom is -0.454 e. The van der Waals surface area contributed by atoms with Gasteiger partial charge in [0.25, 0.3) is 0 Å². The molecule has 0 bridgehead atoms. The van der Waals surface area contributed by atoms with Crippen LogP contribution in [0.1, 0.15) is 5.69 Å². The minimum atomic E-state index is -3.50. The third kappa shape index (κ3) is 4.28. The van der Waals surface area contributed by atoms with Gasteiger partial charge in [0, 0.05) is 48.7 Å². The van der Waals surface area contributed by atoms with Gasteiger partial charge in [-0.1, -0.05) is 11.6 Å².